The third-order valence-corrected chi connectivity index (χ3v) is 4.90. The number of carbonyl (C=O) groups excluding carboxylic acids is 2. The molecule has 3 aromatic carbocycles. The van der Waals surface area contributed by atoms with Crippen molar-refractivity contribution in [3.8, 4) is 5.75 Å². The Labute approximate surface area is 194 Å². The van der Waals surface area contributed by atoms with Crippen molar-refractivity contribution in [2.24, 2.45) is 0 Å². The Hall–Kier alpha value is -3.13. The van der Waals surface area contributed by atoms with Gasteiger partial charge in [0.2, 0.25) is 0 Å². The van der Waals surface area contributed by atoms with E-state index in [0.29, 0.717) is 32.7 Å². The number of amides is 2. The summed E-state index contributed by atoms with van der Waals surface area (Å²) in [6, 6.07) is 18.3. The van der Waals surface area contributed by atoms with E-state index in [9.17, 15) is 9.59 Å². The first-order valence-electron chi connectivity index (χ1n) is 8.99. The zero-order valence-corrected chi connectivity index (χ0v) is 18.6. The lowest BCUT2D eigenvalue weighted by atomic mass is 10.2. The van der Waals surface area contributed by atoms with E-state index in [4.69, 9.17) is 40.2 Å². The molecule has 0 heterocycles. The maximum absolute atomic E-state index is 12.5. The summed E-state index contributed by atoms with van der Waals surface area (Å²) < 4.78 is 5.19. The van der Waals surface area contributed by atoms with Crippen LogP contribution in [0.1, 0.15) is 20.7 Å². The SMILES string of the molecule is COc1ccc(Cl)cc1C(=O)NC(=S)Nc1cccc(NC(=O)c2ccccc2Cl)c1. The van der Waals surface area contributed by atoms with Crippen LogP contribution < -0.4 is 20.7 Å². The van der Waals surface area contributed by atoms with Gasteiger partial charge in [-0.15, -0.1) is 0 Å². The van der Waals surface area contributed by atoms with Crippen molar-refractivity contribution >= 4 is 63.7 Å². The monoisotopic (exact) mass is 473 g/mol. The molecule has 3 N–H and O–H groups in total. The molecule has 0 saturated heterocycles. The molecule has 0 saturated carbocycles. The number of hydrogen-bond acceptors (Lipinski definition) is 4. The van der Waals surface area contributed by atoms with Gasteiger partial charge in [-0.2, -0.15) is 0 Å². The lowest BCUT2D eigenvalue weighted by Crippen LogP contribution is -2.34. The van der Waals surface area contributed by atoms with Gasteiger partial charge in [0.1, 0.15) is 5.75 Å². The highest BCUT2D eigenvalue weighted by Crippen LogP contribution is 2.23. The first-order chi connectivity index (χ1) is 14.9. The van der Waals surface area contributed by atoms with Gasteiger partial charge in [0.25, 0.3) is 11.8 Å². The summed E-state index contributed by atoms with van der Waals surface area (Å²) in [6.07, 6.45) is 0. The Kier molecular flexibility index (Phi) is 7.46. The summed E-state index contributed by atoms with van der Waals surface area (Å²) in [6.45, 7) is 0. The van der Waals surface area contributed by atoms with Gasteiger partial charge >= 0.3 is 0 Å². The molecule has 0 aromatic heterocycles. The van der Waals surface area contributed by atoms with Gasteiger partial charge in [0, 0.05) is 16.4 Å². The highest BCUT2D eigenvalue weighted by Gasteiger charge is 2.15. The fraction of sp³-hybridized carbons (Fsp3) is 0.0455. The minimum atomic E-state index is -0.472. The van der Waals surface area contributed by atoms with Crippen molar-refractivity contribution in [3.63, 3.8) is 0 Å². The predicted molar refractivity (Wildman–Crippen MR) is 128 cm³/mol. The van der Waals surface area contributed by atoms with Crippen LogP contribution in [0, 0.1) is 0 Å². The van der Waals surface area contributed by atoms with E-state index in [-0.39, 0.29) is 16.6 Å². The molecule has 0 aliphatic rings. The second-order valence-corrected chi connectivity index (χ2v) is 7.52. The normalized spacial score (nSPS) is 10.2. The van der Waals surface area contributed by atoms with Crippen LogP contribution in [-0.2, 0) is 0 Å². The smallest absolute Gasteiger partial charge is 0.261 e. The van der Waals surface area contributed by atoms with Gasteiger partial charge in [0.15, 0.2) is 5.11 Å². The number of halogens is 2. The average Bonchev–Trinajstić information content (AvgIpc) is 2.74. The molecular formula is C22H17Cl2N3O3S. The van der Waals surface area contributed by atoms with Crippen LogP contribution in [0.15, 0.2) is 66.7 Å². The summed E-state index contributed by atoms with van der Waals surface area (Å²) >= 11 is 17.3. The standard InChI is InChI=1S/C22H17Cl2N3O3S/c1-30-19-10-9-13(23)11-17(19)21(29)27-22(31)26-15-6-4-5-14(12-15)25-20(28)16-7-2-3-8-18(16)24/h2-12H,1H3,(H,25,28)(H2,26,27,29,31). The number of carbonyl (C=O) groups is 2. The fourth-order valence-electron chi connectivity index (χ4n) is 2.71. The van der Waals surface area contributed by atoms with Crippen LogP contribution in [-0.4, -0.2) is 24.0 Å². The second kappa shape index (κ2) is 10.3. The molecule has 0 aliphatic heterocycles. The van der Waals surface area contributed by atoms with Gasteiger partial charge < -0.3 is 15.4 Å². The van der Waals surface area contributed by atoms with E-state index < -0.39 is 5.91 Å². The Morgan fingerprint density at radius 1 is 0.839 bits per heavy atom. The molecule has 2 amide bonds. The lowest BCUT2D eigenvalue weighted by Gasteiger charge is -2.13. The largest absolute Gasteiger partial charge is 0.496 e. The van der Waals surface area contributed by atoms with Gasteiger partial charge in [-0.3, -0.25) is 14.9 Å². The first kappa shape index (κ1) is 22.6. The summed E-state index contributed by atoms with van der Waals surface area (Å²) in [5.74, 6) is -0.444. The van der Waals surface area contributed by atoms with Crippen molar-refractivity contribution in [1.82, 2.24) is 5.32 Å². The minimum Gasteiger partial charge on any atom is -0.496 e. The van der Waals surface area contributed by atoms with E-state index in [2.05, 4.69) is 16.0 Å². The maximum atomic E-state index is 12.5. The number of nitrogens with one attached hydrogen (secondary N) is 3. The number of anilines is 2. The van der Waals surface area contributed by atoms with Gasteiger partial charge in [0.05, 0.1) is 23.3 Å². The molecule has 158 valence electrons. The number of ether oxygens (including phenoxy) is 1. The van der Waals surface area contributed by atoms with Gasteiger partial charge in [-0.1, -0.05) is 41.4 Å². The van der Waals surface area contributed by atoms with Gasteiger partial charge in [-0.05, 0) is 60.7 Å². The molecule has 6 nitrogen and oxygen atoms in total. The molecule has 3 rings (SSSR count). The topological polar surface area (TPSA) is 79.5 Å². The van der Waals surface area contributed by atoms with Crippen LogP contribution in [0.2, 0.25) is 10.0 Å². The Morgan fingerprint density at radius 2 is 1.55 bits per heavy atom. The summed E-state index contributed by atoms with van der Waals surface area (Å²) in [4.78, 5) is 25.0. The van der Waals surface area contributed by atoms with Crippen molar-refractivity contribution in [2.45, 2.75) is 0 Å². The third-order valence-electron chi connectivity index (χ3n) is 4.13. The molecule has 31 heavy (non-hydrogen) atoms. The predicted octanol–water partition coefficient (Wildman–Crippen LogP) is 5.38. The molecule has 0 aliphatic carbocycles. The fourth-order valence-corrected chi connectivity index (χ4v) is 3.31. The molecule has 0 bridgehead atoms. The Bertz CT molecular complexity index is 1150. The van der Waals surface area contributed by atoms with E-state index in [1.54, 1.807) is 60.7 Å². The number of benzene rings is 3. The van der Waals surface area contributed by atoms with E-state index in [0.717, 1.165) is 0 Å². The Balaban J connectivity index is 1.66. The summed E-state index contributed by atoms with van der Waals surface area (Å²) in [5, 5.41) is 9.08. The van der Waals surface area contributed by atoms with E-state index in [1.807, 2.05) is 0 Å². The number of thiocarbonyl (C=S) groups is 1. The van der Waals surface area contributed by atoms with Gasteiger partial charge in [-0.25, -0.2) is 0 Å². The van der Waals surface area contributed by atoms with E-state index in [1.165, 1.54) is 13.2 Å². The molecule has 0 atom stereocenters. The number of methoxy groups -OCH3 is 1. The summed E-state index contributed by atoms with van der Waals surface area (Å²) in [7, 11) is 1.46. The van der Waals surface area contributed by atoms with Crippen LogP contribution in [0.25, 0.3) is 0 Å². The lowest BCUT2D eigenvalue weighted by molar-refractivity contribution is 0.0973. The van der Waals surface area contributed by atoms with Crippen molar-refractivity contribution in [2.75, 3.05) is 17.7 Å². The van der Waals surface area contributed by atoms with Crippen molar-refractivity contribution < 1.29 is 14.3 Å². The van der Waals surface area contributed by atoms with Crippen LogP contribution in [0.4, 0.5) is 11.4 Å². The molecule has 9 heteroatoms. The number of hydrogen-bond donors (Lipinski definition) is 3. The van der Waals surface area contributed by atoms with Crippen molar-refractivity contribution in [3.05, 3.63) is 87.9 Å². The number of rotatable bonds is 5. The van der Waals surface area contributed by atoms with Crippen molar-refractivity contribution in [1.29, 1.82) is 0 Å². The molecule has 0 fully saturated rings. The molecule has 0 spiro atoms. The van der Waals surface area contributed by atoms with Crippen LogP contribution in [0.5, 0.6) is 5.75 Å². The Morgan fingerprint density at radius 3 is 2.26 bits per heavy atom. The first-order valence-corrected chi connectivity index (χ1v) is 10.2. The summed E-state index contributed by atoms with van der Waals surface area (Å²) in [5.41, 5.74) is 1.71. The maximum Gasteiger partial charge on any atom is 0.261 e. The highest BCUT2D eigenvalue weighted by molar-refractivity contribution is 7.80. The molecular weight excluding hydrogens is 457 g/mol. The van der Waals surface area contributed by atoms with E-state index >= 15 is 0 Å². The average molecular weight is 474 g/mol. The zero-order chi connectivity index (χ0) is 22.4. The highest BCUT2D eigenvalue weighted by atomic mass is 35.5. The molecule has 0 unspecified atom stereocenters. The minimum absolute atomic E-state index is 0.0709. The molecule has 3 aromatic rings. The second-order valence-electron chi connectivity index (χ2n) is 6.27. The quantitative estimate of drug-likeness (QED) is 0.433. The van der Waals surface area contributed by atoms with Crippen LogP contribution >= 0.6 is 35.4 Å². The third kappa shape index (κ3) is 5.95. The molecule has 0 radical (unpaired) electrons. The van der Waals surface area contributed by atoms with Crippen LogP contribution in [0.3, 0.4) is 0 Å². The zero-order valence-electron chi connectivity index (χ0n) is 16.2.